The molecule has 1 aromatic rings. The molecule has 0 aromatic heterocycles. The van der Waals surface area contributed by atoms with Gasteiger partial charge in [0.2, 0.25) is 5.91 Å². The van der Waals surface area contributed by atoms with Crippen molar-refractivity contribution >= 4 is 11.6 Å². The van der Waals surface area contributed by atoms with Gasteiger partial charge < -0.3 is 10.6 Å². The van der Waals surface area contributed by atoms with Crippen molar-refractivity contribution in [3.05, 3.63) is 29.8 Å². The third-order valence-electron chi connectivity index (χ3n) is 2.73. The molecule has 1 unspecified atom stereocenters. The molecule has 17 heavy (non-hydrogen) atoms. The molecule has 0 aliphatic carbocycles. The monoisotopic (exact) mass is 242 g/mol. The second kappa shape index (κ2) is 5.72. The maximum atomic E-state index is 13.5. The van der Waals surface area contributed by atoms with E-state index in [1.807, 2.05) is 6.92 Å². The molecule has 2 N–H and O–H groups in total. The molecule has 3 nitrogen and oxygen atoms in total. The summed E-state index contributed by atoms with van der Waals surface area (Å²) in [5, 5.41) is 0. The minimum absolute atomic E-state index is 0.0677. The average molecular weight is 242 g/mol. The highest BCUT2D eigenvalue weighted by molar-refractivity contribution is 5.94. The standard InChI is InChI=1S/C12H16F2N2O/c1-3-8(7-15)12(17)16(2)11-6-9(13)4-5-10(11)14/h4-6,8H,3,7,15H2,1-2H3. The number of hydrogen-bond acceptors (Lipinski definition) is 2. The summed E-state index contributed by atoms with van der Waals surface area (Å²) < 4.78 is 26.5. The van der Waals surface area contributed by atoms with E-state index in [-0.39, 0.29) is 24.1 Å². The van der Waals surface area contributed by atoms with Gasteiger partial charge in [-0.25, -0.2) is 8.78 Å². The lowest BCUT2D eigenvalue weighted by Crippen LogP contribution is -2.36. The second-order valence-electron chi connectivity index (χ2n) is 3.83. The molecule has 0 fully saturated rings. The van der Waals surface area contributed by atoms with Crippen molar-refractivity contribution in [2.45, 2.75) is 13.3 Å². The van der Waals surface area contributed by atoms with Crippen LogP contribution in [-0.2, 0) is 4.79 Å². The molecule has 94 valence electrons. The first-order valence-electron chi connectivity index (χ1n) is 5.44. The molecule has 1 atom stereocenters. The highest BCUT2D eigenvalue weighted by Gasteiger charge is 2.22. The van der Waals surface area contributed by atoms with Crippen molar-refractivity contribution in [3.63, 3.8) is 0 Å². The summed E-state index contributed by atoms with van der Waals surface area (Å²) in [6.45, 7) is 2.02. The van der Waals surface area contributed by atoms with Gasteiger partial charge in [-0.3, -0.25) is 4.79 Å². The molecule has 1 rings (SSSR count). The number of carbonyl (C=O) groups is 1. The average Bonchev–Trinajstić information content (AvgIpc) is 2.32. The summed E-state index contributed by atoms with van der Waals surface area (Å²) in [5.41, 5.74) is 5.39. The van der Waals surface area contributed by atoms with Crippen LogP contribution in [0, 0.1) is 17.6 Å². The van der Waals surface area contributed by atoms with Gasteiger partial charge in [-0.1, -0.05) is 6.92 Å². The Bertz CT molecular complexity index is 405. The van der Waals surface area contributed by atoms with Crippen LogP contribution in [0.2, 0.25) is 0 Å². The highest BCUT2D eigenvalue weighted by atomic mass is 19.1. The van der Waals surface area contributed by atoms with Crippen molar-refractivity contribution in [2.24, 2.45) is 11.7 Å². The zero-order valence-corrected chi connectivity index (χ0v) is 9.91. The van der Waals surface area contributed by atoms with Gasteiger partial charge in [0.1, 0.15) is 11.6 Å². The lowest BCUT2D eigenvalue weighted by atomic mass is 10.1. The van der Waals surface area contributed by atoms with E-state index in [0.29, 0.717) is 6.42 Å². The molecule has 0 saturated carbocycles. The first kappa shape index (κ1) is 13.6. The molecule has 0 bridgehead atoms. The Balaban J connectivity index is 2.99. The van der Waals surface area contributed by atoms with E-state index < -0.39 is 11.6 Å². The van der Waals surface area contributed by atoms with Crippen LogP contribution in [0.4, 0.5) is 14.5 Å². The molecule has 0 aliphatic rings. The largest absolute Gasteiger partial charge is 0.330 e. The number of carbonyl (C=O) groups excluding carboxylic acids is 1. The van der Waals surface area contributed by atoms with E-state index in [0.717, 1.165) is 23.1 Å². The zero-order valence-electron chi connectivity index (χ0n) is 9.91. The van der Waals surface area contributed by atoms with E-state index in [1.165, 1.54) is 7.05 Å². The minimum atomic E-state index is -0.630. The maximum Gasteiger partial charge on any atom is 0.231 e. The number of amides is 1. The smallest absolute Gasteiger partial charge is 0.231 e. The van der Waals surface area contributed by atoms with Gasteiger partial charge in [0.05, 0.1) is 11.6 Å². The number of benzene rings is 1. The quantitative estimate of drug-likeness (QED) is 0.876. The summed E-state index contributed by atoms with van der Waals surface area (Å²) in [6.07, 6.45) is 0.566. The summed E-state index contributed by atoms with van der Waals surface area (Å²) in [6, 6.07) is 3.01. The molecule has 0 radical (unpaired) electrons. The normalized spacial score (nSPS) is 12.3. The van der Waals surface area contributed by atoms with Gasteiger partial charge in [0.25, 0.3) is 0 Å². The van der Waals surface area contributed by atoms with Crippen LogP contribution in [0.15, 0.2) is 18.2 Å². The van der Waals surface area contributed by atoms with Gasteiger partial charge in [-0.2, -0.15) is 0 Å². The van der Waals surface area contributed by atoms with E-state index in [1.54, 1.807) is 0 Å². The molecule has 1 amide bonds. The fourth-order valence-electron chi connectivity index (χ4n) is 1.58. The molecule has 0 spiro atoms. The van der Waals surface area contributed by atoms with Crippen molar-refractivity contribution in [1.82, 2.24) is 0 Å². The Kier molecular flexibility index (Phi) is 4.57. The van der Waals surface area contributed by atoms with E-state index in [2.05, 4.69) is 0 Å². The van der Waals surface area contributed by atoms with E-state index in [9.17, 15) is 13.6 Å². The first-order valence-corrected chi connectivity index (χ1v) is 5.44. The molecular weight excluding hydrogens is 226 g/mol. The summed E-state index contributed by atoms with van der Waals surface area (Å²) in [4.78, 5) is 13.0. The van der Waals surface area contributed by atoms with Crippen LogP contribution in [0.25, 0.3) is 0 Å². The van der Waals surface area contributed by atoms with Gasteiger partial charge in [-0.05, 0) is 18.6 Å². The predicted octanol–water partition coefficient (Wildman–Crippen LogP) is 1.91. The van der Waals surface area contributed by atoms with Crippen molar-refractivity contribution in [3.8, 4) is 0 Å². The maximum absolute atomic E-state index is 13.5. The molecule has 0 heterocycles. The van der Waals surface area contributed by atoms with Crippen molar-refractivity contribution in [2.75, 3.05) is 18.5 Å². The predicted molar refractivity (Wildman–Crippen MR) is 62.6 cm³/mol. The summed E-state index contributed by atoms with van der Waals surface area (Å²) in [5.74, 6) is -1.89. The van der Waals surface area contributed by atoms with Crippen molar-refractivity contribution in [1.29, 1.82) is 0 Å². The molecule has 1 aromatic carbocycles. The number of hydrogen-bond donors (Lipinski definition) is 1. The third-order valence-corrected chi connectivity index (χ3v) is 2.73. The fraction of sp³-hybridized carbons (Fsp3) is 0.417. The Morgan fingerprint density at radius 2 is 2.12 bits per heavy atom. The zero-order chi connectivity index (χ0) is 13.0. The minimum Gasteiger partial charge on any atom is -0.330 e. The lowest BCUT2D eigenvalue weighted by Gasteiger charge is -2.22. The van der Waals surface area contributed by atoms with Crippen LogP contribution in [0.5, 0.6) is 0 Å². The molecule has 5 heteroatoms. The number of nitrogens with two attached hydrogens (primary N) is 1. The second-order valence-corrected chi connectivity index (χ2v) is 3.83. The van der Waals surface area contributed by atoms with E-state index in [4.69, 9.17) is 5.73 Å². The molecule has 0 saturated heterocycles. The van der Waals surface area contributed by atoms with Crippen LogP contribution in [0.1, 0.15) is 13.3 Å². The number of halogens is 2. The number of rotatable bonds is 4. The molecular formula is C12H16F2N2O. The Morgan fingerprint density at radius 1 is 1.47 bits per heavy atom. The van der Waals surface area contributed by atoms with Crippen LogP contribution >= 0.6 is 0 Å². The van der Waals surface area contributed by atoms with Gasteiger partial charge in [-0.15, -0.1) is 0 Å². The lowest BCUT2D eigenvalue weighted by molar-refractivity contribution is -0.121. The van der Waals surface area contributed by atoms with E-state index >= 15 is 0 Å². The molecule has 0 aliphatic heterocycles. The Morgan fingerprint density at radius 3 is 2.65 bits per heavy atom. The Labute approximate surface area is 99.2 Å². The SMILES string of the molecule is CCC(CN)C(=O)N(C)c1cc(F)ccc1F. The van der Waals surface area contributed by atoms with Crippen molar-refractivity contribution < 1.29 is 13.6 Å². The van der Waals surface area contributed by atoms with Gasteiger partial charge in [0.15, 0.2) is 0 Å². The number of nitrogens with zero attached hydrogens (tertiary/aromatic N) is 1. The highest BCUT2D eigenvalue weighted by Crippen LogP contribution is 2.21. The van der Waals surface area contributed by atoms with Crippen LogP contribution in [-0.4, -0.2) is 19.5 Å². The summed E-state index contributed by atoms with van der Waals surface area (Å²) >= 11 is 0. The Hall–Kier alpha value is -1.49. The first-order chi connectivity index (χ1) is 8.01. The van der Waals surface area contributed by atoms with Crippen LogP contribution in [0.3, 0.4) is 0 Å². The van der Waals surface area contributed by atoms with Gasteiger partial charge in [0, 0.05) is 19.7 Å². The van der Waals surface area contributed by atoms with Crippen LogP contribution < -0.4 is 10.6 Å². The topological polar surface area (TPSA) is 46.3 Å². The third kappa shape index (κ3) is 3.00. The van der Waals surface area contributed by atoms with Gasteiger partial charge >= 0.3 is 0 Å². The summed E-state index contributed by atoms with van der Waals surface area (Å²) in [7, 11) is 1.42. The number of anilines is 1. The fourth-order valence-corrected chi connectivity index (χ4v) is 1.58.